The number of hydrogen-bond acceptors (Lipinski definition) is 7. The van der Waals surface area contributed by atoms with Crippen LogP contribution in [0.4, 0.5) is 10.1 Å². The number of carbonyl (C=O) groups is 1. The second kappa shape index (κ2) is 14.6. The first kappa shape index (κ1) is 36.6. The molecule has 10 heteroatoms. The number of carbonyl (C=O) groups excluding carboxylic acids is 1. The Morgan fingerprint density at radius 1 is 0.907 bits per heavy atom. The van der Waals surface area contributed by atoms with Crippen LogP contribution in [0, 0.1) is 11.2 Å². The number of amides is 1. The van der Waals surface area contributed by atoms with Gasteiger partial charge in [0.25, 0.3) is 5.91 Å². The van der Waals surface area contributed by atoms with E-state index in [-0.39, 0.29) is 23.4 Å². The lowest BCUT2D eigenvalue weighted by atomic mass is 9.76. The molecule has 0 saturated carbocycles. The third-order valence-electron chi connectivity index (χ3n) is 9.52. The van der Waals surface area contributed by atoms with Crippen molar-refractivity contribution in [3.63, 3.8) is 0 Å². The van der Waals surface area contributed by atoms with E-state index in [0.717, 1.165) is 16.7 Å². The monoisotopic (exact) mass is 724 g/mol. The first-order valence-electron chi connectivity index (χ1n) is 18.2. The molecule has 6 aromatic rings. The van der Waals surface area contributed by atoms with E-state index < -0.39 is 22.7 Å². The van der Waals surface area contributed by atoms with Gasteiger partial charge in [-0.25, -0.2) is 14.4 Å². The predicted molar refractivity (Wildman–Crippen MR) is 210 cm³/mol. The van der Waals surface area contributed by atoms with Crippen LogP contribution in [-0.2, 0) is 15.0 Å². The number of nitrogens with one attached hydrogen (secondary N) is 3. The average Bonchev–Trinajstić information content (AvgIpc) is 3.71. The Morgan fingerprint density at radius 3 is 2.04 bits per heavy atom. The fraction of sp³-hybridized carbons (Fsp3) is 0.273. The summed E-state index contributed by atoms with van der Waals surface area (Å²) in [5.74, 6) is -1.40. The minimum Gasteiger partial charge on any atom is -0.384 e. The fourth-order valence-electron chi connectivity index (χ4n) is 7.19. The number of ether oxygens (including phenoxy) is 2. The molecule has 0 spiro atoms. The third kappa shape index (κ3) is 7.27. The van der Waals surface area contributed by atoms with Gasteiger partial charge in [0.15, 0.2) is 11.4 Å². The first-order valence-corrected chi connectivity index (χ1v) is 18.2. The largest absolute Gasteiger partial charge is 0.384 e. The van der Waals surface area contributed by atoms with Crippen LogP contribution in [0.3, 0.4) is 0 Å². The summed E-state index contributed by atoms with van der Waals surface area (Å²) in [7, 11) is 0. The van der Waals surface area contributed by atoms with Crippen molar-refractivity contribution in [1.82, 2.24) is 19.9 Å². The maximum absolute atomic E-state index is 14.6. The maximum Gasteiger partial charge on any atom is 0.255 e. The van der Waals surface area contributed by atoms with Gasteiger partial charge in [-0.15, -0.1) is 0 Å². The molecular weight excluding hydrogens is 680 g/mol. The van der Waals surface area contributed by atoms with Gasteiger partial charge in [0.1, 0.15) is 22.6 Å². The van der Waals surface area contributed by atoms with Crippen LogP contribution >= 0.6 is 0 Å². The van der Waals surface area contributed by atoms with Gasteiger partial charge in [0, 0.05) is 29.5 Å². The van der Waals surface area contributed by atoms with E-state index in [1.54, 1.807) is 12.3 Å². The van der Waals surface area contributed by atoms with Crippen molar-refractivity contribution in [3.8, 4) is 0 Å². The SMILES string of the molecule is CC(C)(C)NC(=O)c1cn(C(c2ccccc2)(c2ccccc2)c2ccccc2)c2ncc(C(=N)c3ccc(F)cc3NCCC3COC(C)(C)O3)nc12. The van der Waals surface area contributed by atoms with Crippen molar-refractivity contribution >= 4 is 28.5 Å². The predicted octanol–water partition coefficient (Wildman–Crippen LogP) is 8.31. The molecule has 1 unspecified atom stereocenters. The van der Waals surface area contributed by atoms with Crippen molar-refractivity contribution in [2.24, 2.45) is 0 Å². The van der Waals surface area contributed by atoms with E-state index in [4.69, 9.17) is 19.4 Å². The van der Waals surface area contributed by atoms with Crippen molar-refractivity contribution in [3.05, 3.63) is 161 Å². The van der Waals surface area contributed by atoms with E-state index in [0.29, 0.717) is 47.6 Å². The topological polar surface area (TPSA) is 114 Å². The molecule has 2 aromatic heterocycles. The highest BCUT2D eigenvalue weighted by molar-refractivity contribution is 6.14. The number of halogens is 1. The van der Waals surface area contributed by atoms with Crippen LogP contribution in [-0.4, -0.2) is 56.7 Å². The number of fused-ring (bicyclic) bond motifs is 1. The van der Waals surface area contributed by atoms with E-state index in [1.807, 2.05) is 100.0 Å². The summed E-state index contributed by atoms with van der Waals surface area (Å²) in [5, 5.41) is 15.8. The molecule has 1 amide bonds. The minimum absolute atomic E-state index is 0.0313. The standard InChI is InChI=1S/C44H45FN6O3/c1-42(2,3)50-41(52)35-27-51(44(29-15-9-6-10-16-29,30-17-11-7-12-18-30)31-19-13-8-14-20-31)40-39(35)49-37(26-48-40)38(46)34-22-21-32(45)25-36(34)47-24-23-33-28-53-43(4,5)54-33/h6-22,25-27,33,46-47H,23-24,28H2,1-5H3,(H,50,52). The molecule has 4 aromatic carbocycles. The van der Waals surface area contributed by atoms with Crippen molar-refractivity contribution in [2.75, 3.05) is 18.5 Å². The third-order valence-corrected chi connectivity index (χ3v) is 9.52. The van der Waals surface area contributed by atoms with E-state index in [9.17, 15) is 14.6 Å². The number of anilines is 1. The molecule has 0 aliphatic carbocycles. The van der Waals surface area contributed by atoms with Crippen LogP contribution in [0.1, 0.15) is 79.3 Å². The molecule has 0 bridgehead atoms. The first-order chi connectivity index (χ1) is 25.9. The van der Waals surface area contributed by atoms with Gasteiger partial charge >= 0.3 is 0 Å². The molecule has 1 atom stereocenters. The van der Waals surface area contributed by atoms with E-state index in [1.165, 1.54) is 12.1 Å². The molecule has 1 aliphatic rings. The Hall–Kier alpha value is -5.71. The van der Waals surface area contributed by atoms with Crippen molar-refractivity contribution in [1.29, 1.82) is 5.41 Å². The zero-order valence-electron chi connectivity index (χ0n) is 31.2. The van der Waals surface area contributed by atoms with Crippen LogP contribution in [0.25, 0.3) is 11.2 Å². The quantitative estimate of drug-likeness (QED) is 0.0916. The molecule has 0 radical (unpaired) electrons. The van der Waals surface area contributed by atoms with Crippen molar-refractivity contribution in [2.45, 2.75) is 64.0 Å². The van der Waals surface area contributed by atoms with E-state index >= 15 is 0 Å². The highest BCUT2D eigenvalue weighted by atomic mass is 19.1. The molecule has 1 saturated heterocycles. The van der Waals surface area contributed by atoms with Gasteiger partial charge in [-0.3, -0.25) is 10.2 Å². The van der Waals surface area contributed by atoms with Gasteiger partial charge < -0.3 is 24.7 Å². The molecule has 3 N–H and O–H groups in total. The zero-order valence-corrected chi connectivity index (χ0v) is 31.2. The summed E-state index contributed by atoms with van der Waals surface area (Å²) in [4.78, 5) is 24.2. The average molecular weight is 725 g/mol. The van der Waals surface area contributed by atoms with Crippen molar-refractivity contribution < 1.29 is 18.7 Å². The zero-order chi connectivity index (χ0) is 38.1. The molecule has 1 fully saturated rings. The van der Waals surface area contributed by atoms with Gasteiger partial charge in [-0.1, -0.05) is 91.0 Å². The second-order valence-corrected chi connectivity index (χ2v) is 15.1. The second-order valence-electron chi connectivity index (χ2n) is 15.1. The Labute approximate surface area is 315 Å². The number of hydrogen-bond donors (Lipinski definition) is 3. The molecule has 9 nitrogen and oxygen atoms in total. The molecule has 3 heterocycles. The fourth-order valence-corrected chi connectivity index (χ4v) is 7.19. The summed E-state index contributed by atoms with van der Waals surface area (Å²) in [6, 6.07) is 34.7. The Morgan fingerprint density at radius 2 is 1.50 bits per heavy atom. The molecule has 276 valence electrons. The van der Waals surface area contributed by atoms with Gasteiger partial charge in [0.05, 0.1) is 30.2 Å². The van der Waals surface area contributed by atoms with Gasteiger partial charge in [-0.05, 0) is 75.9 Å². The highest BCUT2D eigenvalue weighted by Crippen LogP contribution is 2.43. The highest BCUT2D eigenvalue weighted by Gasteiger charge is 2.41. The van der Waals surface area contributed by atoms with Crippen LogP contribution in [0.2, 0.25) is 0 Å². The van der Waals surface area contributed by atoms with Crippen LogP contribution in [0.15, 0.2) is 122 Å². The lowest BCUT2D eigenvalue weighted by Crippen LogP contribution is -2.40. The number of rotatable bonds is 11. The Kier molecular flexibility index (Phi) is 9.91. The summed E-state index contributed by atoms with van der Waals surface area (Å²) >= 11 is 0. The summed E-state index contributed by atoms with van der Waals surface area (Å²) in [6.45, 7) is 10.5. The lowest BCUT2D eigenvalue weighted by Gasteiger charge is -2.38. The van der Waals surface area contributed by atoms with Gasteiger partial charge in [0.2, 0.25) is 0 Å². The normalized spacial score (nSPS) is 15.6. The lowest BCUT2D eigenvalue weighted by molar-refractivity contribution is -0.138. The molecule has 54 heavy (non-hydrogen) atoms. The van der Waals surface area contributed by atoms with Crippen LogP contribution < -0.4 is 10.6 Å². The number of benzene rings is 4. The number of nitrogens with zero attached hydrogens (tertiary/aromatic N) is 3. The maximum atomic E-state index is 14.6. The molecular formula is C44H45FN6O3. The Balaban J connectivity index is 1.38. The summed E-state index contributed by atoms with van der Waals surface area (Å²) < 4.78 is 28.3. The van der Waals surface area contributed by atoms with Gasteiger partial charge in [-0.2, -0.15) is 0 Å². The summed E-state index contributed by atoms with van der Waals surface area (Å²) in [6.07, 6.45) is 3.91. The summed E-state index contributed by atoms with van der Waals surface area (Å²) in [5.41, 5.74) is 3.63. The molecule has 1 aliphatic heterocycles. The Bertz CT molecular complexity index is 2190. The van der Waals surface area contributed by atoms with E-state index in [2.05, 4.69) is 47.0 Å². The molecule has 7 rings (SSSR count). The smallest absolute Gasteiger partial charge is 0.255 e. The van der Waals surface area contributed by atoms with Crippen LogP contribution in [0.5, 0.6) is 0 Å². The number of aromatic nitrogens is 3. The minimum atomic E-state index is -0.969.